The first kappa shape index (κ1) is 13.9. The number of hydrogen-bond acceptors (Lipinski definition) is 4. The molecule has 20 heavy (non-hydrogen) atoms. The highest BCUT2D eigenvalue weighted by Crippen LogP contribution is 2.17. The van der Waals surface area contributed by atoms with E-state index in [9.17, 15) is 14.4 Å². The van der Waals surface area contributed by atoms with E-state index in [-0.39, 0.29) is 5.78 Å². The predicted molar refractivity (Wildman–Crippen MR) is 70.1 cm³/mol. The number of likely N-dealkylation sites (tertiary alicyclic amines) is 1. The number of aromatic nitrogens is 1. The average Bonchev–Trinajstić information content (AvgIpc) is 2.95. The SMILES string of the molecule is O=C(/C=C/C(=O)N1CCC[C@H]1C(=O)O)c1cccnc1. The molecule has 0 saturated carbocycles. The summed E-state index contributed by atoms with van der Waals surface area (Å²) in [5.41, 5.74) is 0.382. The van der Waals surface area contributed by atoms with Crippen LogP contribution >= 0.6 is 0 Å². The Bertz CT molecular complexity index is 554. The molecule has 1 N–H and O–H groups in total. The number of carboxylic acid groups (broad SMARTS) is 1. The normalized spacial score (nSPS) is 18.4. The van der Waals surface area contributed by atoms with Gasteiger partial charge >= 0.3 is 5.97 Å². The Morgan fingerprint density at radius 3 is 2.80 bits per heavy atom. The Kier molecular flexibility index (Phi) is 4.24. The molecule has 6 heteroatoms. The summed E-state index contributed by atoms with van der Waals surface area (Å²) >= 11 is 0. The summed E-state index contributed by atoms with van der Waals surface area (Å²) in [6.07, 6.45) is 6.34. The van der Waals surface area contributed by atoms with Gasteiger partial charge in [0.1, 0.15) is 6.04 Å². The molecular formula is C14H14N2O4. The smallest absolute Gasteiger partial charge is 0.326 e. The first-order valence-corrected chi connectivity index (χ1v) is 6.25. The van der Waals surface area contributed by atoms with Gasteiger partial charge in [0.2, 0.25) is 5.91 Å². The summed E-state index contributed by atoms with van der Waals surface area (Å²) in [5, 5.41) is 8.99. The number of carbonyl (C=O) groups is 3. The zero-order chi connectivity index (χ0) is 14.5. The van der Waals surface area contributed by atoms with E-state index in [4.69, 9.17) is 5.11 Å². The van der Waals surface area contributed by atoms with E-state index in [2.05, 4.69) is 4.98 Å². The molecule has 1 aliphatic rings. The van der Waals surface area contributed by atoms with Crippen molar-refractivity contribution < 1.29 is 19.5 Å². The van der Waals surface area contributed by atoms with Gasteiger partial charge in [-0.1, -0.05) is 0 Å². The fraction of sp³-hybridized carbons (Fsp3) is 0.286. The van der Waals surface area contributed by atoms with E-state index in [1.807, 2.05) is 0 Å². The molecule has 0 radical (unpaired) electrons. The van der Waals surface area contributed by atoms with Crippen molar-refractivity contribution in [3.8, 4) is 0 Å². The van der Waals surface area contributed by atoms with Crippen LogP contribution in [0.5, 0.6) is 0 Å². The van der Waals surface area contributed by atoms with E-state index in [1.54, 1.807) is 18.3 Å². The highest BCUT2D eigenvalue weighted by atomic mass is 16.4. The van der Waals surface area contributed by atoms with E-state index >= 15 is 0 Å². The van der Waals surface area contributed by atoms with Crippen molar-refractivity contribution in [3.63, 3.8) is 0 Å². The maximum Gasteiger partial charge on any atom is 0.326 e. The molecular weight excluding hydrogens is 260 g/mol. The number of nitrogens with zero attached hydrogens (tertiary/aromatic N) is 2. The molecule has 0 unspecified atom stereocenters. The molecule has 6 nitrogen and oxygen atoms in total. The number of aliphatic carboxylic acids is 1. The standard InChI is InChI=1S/C14H14N2O4/c17-12(10-3-1-7-15-9-10)5-6-13(18)16-8-2-4-11(16)14(19)20/h1,3,5-7,9,11H,2,4,8H2,(H,19,20)/b6-5+/t11-/m0/s1. The second kappa shape index (κ2) is 6.10. The second-order valence-electron chi connectivity index (χ2n) is 4.47. The number of carboxylic acids is 1. The number of ketones is 1. The number of amides is 1. The molecule has 1 saturated heterocycles. The molecule has 2 rings (SSSR count). The molecule has 1 atom stereocenters. The minimum atomic E-state index is -1.01. The Balaban J connectivity index is 2.02. The van der Waals surface area contributed by atoms with Crippen molar-refractivity contribution in [3.05, 3.63) is 42.2 Å². The topological polar surface area (TPSA) is 87.6 Å². The van der Waals surface area contributed by atoms with Crippen LogP contribution in [0, 0.1) is 0 Å². The summed E-state index contributed by atoms with van der Waals surface area (Å²) in [4.78, 5) is 39.7. The minimum Gasteiger partial charge on any atom is -0.480 e. The average molecular weight is 274 g/mol. The van der Waals surface area contributed by atoms with Crippen molar-refractivity contribution >= 4 is 17.7 Å². The minimum absolute atomic E-state index is 0.336. The quantitative estimate of drug-likeness (QED) is 0.651. The van der Waals surface area contributed by atoms with Gasteiger partial charge in [0.15, 0.2) is 5.78 Å². The first-order chi connectivity index (χ1) is 9.59. The largest absolute Gasteiger partial charge is 0.480 e. The maximum atomic E-state index is 11.9. The van der Waals surface area contributed by atoms with Crippen LogP contribution in [0.1, 0.15) is 23.2 Å². The van der Waals surface area contributed by atoms with Gasteiger partial charge in [-0.3, -0.25) is 14.6 Å². The van der Waals surface area contributed by atoms with Crippen molar-refractivity contribution in [2.75, 3.05) is 6.54 Å². The highest BCUT2D eigenvalue weighted by Gasteiger charge is 2.32. The van der Waals surface area contributed by atoms with Gasteiger partial charge in [0.25, 0.3) is 0 Å². The van der Waals surface area contributed by atoms with Crippen LogP contribution in [-0.4, -0.2) is 45.2 Å². The molecule has 0 bridgehead atoms. The summed E-state index contributed by atoms with van der Waals surface area (Å²) in [5.74, 6) is -1.80. The van der Waals surface area contributed by atoms with Gasteiger partial charge in [-0.25, -0.2) is 4.79 Å². The number of allylic oxidation sites excluding steroid dienone is 1. The molecule has 1 amide bonds. The Hall–Kier alpha value is -2.50. The van der Waals surface area contributed by atoms with E-state index in [1.165, 1.54) is 11.1 Å². The first-order valence-electron chi connectivity index (χ1n) is 6.25. The third-order valence-corrected chi connectivity index (χ3v) is 3.14. The van der Waals surface area contributed by atoms with E-state index in [0.717, 1.165) is 12.2 Å². The maximum absolute atomic E-state index is 11.9. The van der Waals surface area contributed by atoms with Gasteiger partial charge in [-0.15, -0.1) is 0 Å². The number of carbonyl (C=O) groups excluding carboxylic acids is 2. The van der Waals surface area contributed by atoms with Crippen molar-refractivity contribution in [2.24, 2.45) is 0 Å². The summed E-state index contributed by atoms with van der Waals surface area (Å²) in [6.45, 7) is 0.404. The van der Waals surface area contributed by atoms with Crippen molar-refractivity contribution in [1.82, 2.24) is 9.88 Å². The monoisotopic (exact) mass is 274 g/mol. The number of rotatable bonds is 4. The third-order valence-electron chi connectivity index (χ3n) is 3.14. The van der Waals surface area contributed by atoms with Crippen LogP contribution in [0.4, 0.5) is 0 Å². The molecule has 1 aromatic rings. The van der Waals surface area contributed by atoms with Crippen LogP contribution < -0.4 is 0 Å². The summed E-state index contributed by atoms with van der Waals surface area (Å²) in [7, 11) is 0. The molecule has 104 valence electrons. The van der Waals surface area contributed by atoms with Crippen LogP contribution in [-0.2, 0) is 9.59 Å². The second-order valence-corrected chi connectivity index (χ2v) is 4.47. The molecule has 1 fully saturated rings. The Morgan fingerprint density at radius 1 is 1.35 bits per heavy atom. The lowest BCUT2D eigenvalue weighted by atomic mass is 10.2. The number of hydrogen-bond donors (Lipinski definition) is 1. The zero-order valence-electron chi connectivity index (χ0n) is 10.7. The fourth-order valence-electron chi connectivity index (χ4n) is 2.13. The molecule has 0 spiro atoms. The van der Waals surface area contributed by atoms with Gasteiger partial charge in [-0.2, -0.15) is 0 Å². The molecule has 0 aromatic carbocycles. The molecule has 0 aliphatic carbocycles. The van der Waals surface area contributed by atoms with Crippen LogP contribution in [0.15, 0.2) is 36.7 Å². The number of pyridine rings is 1. The van der Waals surface area contributed by atoms with Gasteiger partial charge in [-0.05, 0) is 31.1 Å². The lowest BCUT2D eigenvalue weighted by molar-refractivity contribution is -0.146. The van der Waals surface area contributed by atoms with E-state index in [0.29, 0.717) is 24.9 Å². The van der Waals surface area contributed by atoms with Crippen LogP contribution in [0.2, 0.25) is 0 Å². The van der Waals surface area contributed by atoms with Crippen molar-refractivity contribution in [2.45, 2.75) is 18.9 Å². The molecule has 2 heterocycles. The Labute approximate surface area is 115 Å². The van der Waals surface area contributed by atoms with Gasteiger partial charge < -0.3 is 10.0 Å². The van der Waals surface area contributed by atoms with Gasteiger partial charge in [0, 0.05) is 30.6 Å². The third kappa shape index (κ3) is 3.09. The van der Waals surface area contributed by atoms with Crippen molar-refractivity contribution in [1.29, 1.82) is 0 Å². The van der Waals surface area contributed by atoms with Gasteiger partial charge in [0.05, 0.1) is 0 Å². The lowest BCUT2D eigenvalue weighted by Gasteiger charge is -2.19. The van der Waals surface area contributed by atoms with Crippen LogP contribution in [0.3, 0.4) is 0 Å². The fourth-order valence-corrected chi connectivity index (χ4v) is 2.13. The summed E-state index contributed by atoms with van der Waals surface area (Å²) in [6, 6.07) is 2.44. The molecule has 1 aliphatic heterocycles. The molecule has 1 aromatic heterocycles. The lowest BCUT2D eigenvalue weighted by Crippen LogP contribution is -2.39. The Morgan fingerprint density at radius 2 is 2.15 bits per heavy atom. The zero-order valence-corrected chi connectivity index (χ0v) is 10.7. The van der Waals surface area contributed by atoms with E-state index < -0.39 is 17.9 Å². The summed E-state index contributed by atoms with van der Waals surface area (Å²) < 4.78 is 0. The highest BCUT2D eigenvalue weighted by molar-refractivity contribution is 6.07. The predicted octanol–water partition coefficient (Wildman–Crippen LogP) is 0.896. The van der Waals surface area contributed by atoms with Crippen LogP contribution in [0.25, 0.3) is 0 Å².